The number of anilines is 1. The lowest BCUT2D eigenvalue weighted by atomic mass is 9.98. The van der Waals surface area contributed by atoms with Crippen molar-refractivity contribution < 1.29 is 8.91 Å². The molecule has 1 atom stereocenters. The van der Waals surface area contributed by atoms with E-state index in [-0.39, 0.29) is 11.7 Å². The van der Waals surface area contributed by atoms with Crippen molar-refractivity contribution in [3.63, 3.8) is 0 Å². The number of nitrogens with zero attached hydrogens (tertiary/aromatic N) is 4. The maximum atomic E-state index is 13.0. The summed E-state index contributed by atoms with van der Waals surface area (Å²) in [5.74, 6) is 2.01. The molecule has 24 heavy (non-hydrogen) atoms. The fourth-order valence-electron chi connectivity index (χ4n) is 3.04. The molecular formula is C18H17FN4O. The van der Waals surface area contributed by atoms with Crippen LogP contribution in [0, 0.1) is 5.82 Å². The van der Waals surface area contributed by atoms with Crippen LogP contribution in [-0.2, 0) is 0 Å². The Hall–Kier alpha value is -2.76. The molecule has 0 unspecified atom stereocenters. The smallest absolute Gasteiger partial charge is 0.231 e. The SMILES string of the molecule is Fc1ccc(-c2noc([C@H]3CCCN(c4ccccn4)C3)n2)cc1. The number of halogens is 1. The zero-order chi connectivity index (χ0) is 16.4. The number of hydrogen-bond acceptors (Lipinski definition) is 5. The average Bonchev–Trinajstić information content (AvgIpc) is 3.13. The first-order chi connectivity index (χ1) is 11.8. The molecule has 3 heterocycles. The van der Waals surface area contributed by atoms with Crippen molar-refractivity contribution >= 4 is 5.82 Å². The fourth-order valence-corrected chi connectivity index (χ4v) is 3.04. The molecule has 1 aliphatic heterocycles. The maximum absolute atomic E-state index is 13.0. The van der Waals surface area contributed by atoms with Crippen molar-refractivity contribution in [2.45, 2.75) is 18.8 Å². The Bertz CT molecular complexity index is 803. The van der Waals surface area contributed by atoms with Gasteiger partial charge in [-0.05, 0) is 49.2 Å². The van der Waals surface area contributed by atoms with Crippen LogP contribution in [0.1, 0.15) is 24.7 Å². The van der Waals surface area contributed by atoms with E-state index in [1.54, 1.807) is 18.3 Å². The molecular weight excluding hydrogens is 307 g/mol. The van der Waals surface area contributed by atoms with E-state index in [2.05, 4.69) is 20.0 Å². The van der Waals surface area contributed by atoms with E-state index in [1.807, 2.05) is 18.2 Å². The second kappa shape index (κ2) is 6.39. The highest BCUT2D eigenvalue weighted by atomic mass is 19.1. The quantitative estimate of drug-likeness (QED) is 0.736. The number of pyridine rings is 1. The third kappa shape index (κ3) is 2.99. The Balaban J connectivity index is 1.52. The summed E-state index contributed by atoms with van der Waals surface area (Å²) in [6.45, 7) is 1.79. The zero-order valence-electron chi connectivity index (χ0n) is 13.1. The fraction of sp³-hybridized carbons (Fsp3) is 0.278. The van der Waals surface area contributed by atoms with E-state index in [4.69, 9.17) is 4.52 Å². The summed E-state index contributed by atoms with van der Waals surface area (Å²) < 4.78 is 18.5. The van der Waals surface area contributed by atoms with Crippen LogP contribution >= 0.6 is 0 Å². The van der Waals surface area contributed by atoms with Gasteiger partial charge in [-0.3, -0.25) is 0 Å². The minimum Gasteiger partial charge on any atom is -0.356 e. The van der Waals surface area contributed by atoms with Crippen LogP contribution in [0.25, 0.3) is 11.4 Å². The van der Waals surface area contributed by atoms with E-state index in [0.717, 1.165) is 37.3 Å². The number of hydrogen-bond donors (Lipinski definition) is 0. The Morgan fingerprint density at radius 3 is 2.79 bits per heavy atom. The molecule has 122 valence electrons. The predicted octanol–water partition coefficient (Wildman–Crippen LogP) is 3.65. The highest BCUT2D eigenvalue weighted by molar-refractivity contribution is 5.53. The van der Waals surface area contributed by atoms with Gasteiger partial charge in [0.25, 0.3) is 0 Å². The van der Waals surface area contributed by atoms with E-state index >= 15 is 0 Å². The molecule has 0 N–H and O–H groups in total. The molecule has 0 saturated carbocycles. The van der Waals surface area contributed by atoms with Crippen LogP contribution < -0.4 is 4.90 Å². The van der Waals surface area contributed by atoms with Gasteiger partial charge < -0.3 is 9.42 Å². The minimum atomic E-state index is -0.277. The zero-order valence-corrected chi connectivity index (χ0v) is 13.1. The Labute approximate surface area is 139 Å². The van der Waals surface area contributed by atoms with Gasteiger partial charge in [0.1, 0.15) is 11.6 Å². The number of rotatable bonds is 3. The predicted molar refractivity (Wildman–Crippen MR) is 88.1 cm³/mol. The summed E-state index contributed by atoms with van der Waals surface area (Å²) in [5.41, 5.74) is 0.754. The molecule has 6 heteroatoms. The Morgan fingerprint density at radius 1 is 1.12 bits per heavy atom. The molecule has 5 nitrogen and oxygen atoms in total. The second-order valence-corrected chi connectivity index (χ2v) is 5.94. The average molecular weight is 324 g/mol. The molecule has 4 rings (SSSR count). The van der Waals surface area contributed by atoms with Crippen molar-refractivity contribution in [1.29, 1.82) is 0 Å². The molecule has 1 aromatic carbocycles. The minimum absolute atomic E-state index is 0.183. The van der Waals surface area contributed by atoms with Crippen LogP contribution in [0.4, 0.5) is 10.2 Å². The molecule has 0 bridgehead atoms. The lowest BCUT2D eigenvalue weighted by Gasteiger charge is -2.31. The topological polar surface area (TPSA) is 55.1 Å². The van der Waals surface area contributed by atoms with E-state index in [1.165, 1.54) is 12.1 Å². The van der Waals surface area contributed by atoms with Gasteiger partial charge in [0.05, 0.1) is 5.92 Å². The number of aromatic nitrogens is 3. The third-order valence-corrected chi connectivity index (χ3v) is 4.29. The molecule has 0 radical (unpaired) electrons. The van der Waals surface area contributed by atoms with Gasteiger partial charge in [-0.2, -0.15) is 4.98 Å². The standard InChI is InChI=1S/C18H17FN4O/c19-15-8-6-13(7-9-15)17-21-18(24-22-17)14-4-3-11-23(12-14)16-5-1-2-10-20-16/h1-2,5-10,14H,3-4,11-12H2/t14-/m0/s1. The van der Waals surface area contributed by atoms with Gasteiger partial charge in [-0.15, -0.1) is 0 Å². The summed E-state index contributed by atoms with van der Waals surface area (Å²) in [4.78, 5) is 11.2. The molecule has 2 aromatic heterocycles. The summed E-state index contributed by atoms with van der Waals surface area (Å²) in [7, 11) is 0. The normalized spacial score (nSPS) is 17.9. The van der Waals surface area contributed by atoms with Crippen molar-refractivity contribution in [2.24, 2.45) is 0 Å². The van der Waals surface area contributed by atoms with Gasteiger partial charge in [-0.1, -0.05) is 11.2 Å². The molecule has 1 aliphatic rings. The molecule has 0 spiro atoms. The summed E-state index contributed by atoms with van der Waals surface area (Å²) in [6.07, 6.45) is 3.86. The lowest BCUT2D eigenvalue weighted by Crippen LogP contribution is -2.35. The Morgan fingerprint density at radius 2 is 2.00 bits per heavy atom. The third-order valence-electron chi connectivity index (χ3n) is 4.29. The molecule has 1 fully saturated rings. The van der Waals surface area contributed by atoms with Gasteiger partial charge >= 0.3 is 0 Å². The van der Waals surface area contributed by atoms with Crippen molar-refractivity contribution in [3.8, 4) is 11.4 Å². The van der Waals surface area contributed by atoms with Crippen LogP contribution in [0.3, 0.4) is 0 Å². The lowest BCUT2D eigenvalue weighted by molar-refractivity contribution is 0.333. The van der Waals surface area contributed by atoms with Crippen LogP contribution in [0.5, 0.6) is 0 Å². The van der Waals surface area contributed by atoms with Crippen molar-refractivity contribution in [3.05, 3.63) is 60.4 Å². The molecule has 1 saturated heterocycles. The van der Waals surface area contributed by atoms with Crippen LogP contribution in [0.15, 0.2) is 53.2 Å². The molecule has 3 aromatic rings. The second-order valence-electron chi connectivity index (χ2n) is 5.94. The highest BCUT2D eigenvalue weighted by Crippen LogP contribution is 2.29. The van der Waals surface area contributed by atoms with Crippen LogP contribution in [0.2, 0.25) is 0 Å². The number of benzene rings is 1. The van der Waals surface area contributed by atoms with Gasteiger partial charge in [0.15, 0.2) is 0 Å². The van der Waals surface area contributed by atoms with Crippen molar-refractivity contribution in [1.82, 2.24) is 15.1 Å². The maximum Gasteiger partial charge on any atom is 0.231 e. The first-order valence-corrected chi connectivity index (χ1v) is 8.05. The van der Waals surface area contributed by atoms with Gasteiger partial charge in [0, 0.05) is 24.8 Å². The first-order valence-electron chi connectivity index (χ1n) is 8.05. The van der Waals surface area contributed by atoms with Gasteiger partial charge in [0.2, 0.25) is 11.7 Å². The van der Waals surface area contributed by atoms with E-state index in [9.17, 15) is 4.39 Å². The molecule has 0 aliphatic carbocycles. The monoisotopic (exact) mass is 324 g/mol. The Kier molecular flexibility index (Phi) is 3.94. The van der Waals surface area contributed by atoms with Crippen LogP contribution in [-0.4, -0.2) is 28.2 Å². The van der Waals surface area contributed by atoms with Gasteiger partial charge in [-0.25, -0.2) is 9.37 Å². The largest absolute Gasteiger partial charge is 0.356 e. The first kappa shape index (κ1) is 14.8. The van der Waals surface area contributed by atoms with E-state index in [0.29, 0.717) is 11.7 Å². The molecule has 0 amide bonds. The van der Waals surface area contributed by atoms with E-state index < -0.39 is 0 Å². The highest BCUT2D eigenvalue weighted by Gasteiger charge is 2.26. The summed E-state index contributed by atoms with van der Waals surface area (Å²) in [5, 5.41) is 4.05. The van der Waals surface area contributed by atoms with Crippen molar-refractivity contribution in [2.75, 3.05) is 18.0 Å². The summed E-state index contributed by atoms with van der Waals surface area (Å²) >= 11 is 0. The summed E-state index contributed by atoms with van der Waals surface area (Å²) in [6, 6.07) is 12.0. The number of piperidine rings is 1.